The van der Waals surface area contributed by atoms with Crippen LogP contribution in [-0.2, 0) is 0 Å². The van der Waals surface area contributed by atoms with Crippen LogP contribution in [-0.4, -0.2) is 0 Å². The second-order valence-corrected chi connectivity index (χ2v) is 8.12. The lowest BCUT2D eigenvalue weighted by Gasteiger charge is -2.16. The molecule has 0 N–H and O–H groups in total. The lowest BCUT2D eigenvalue weighted by Crippen LogP contribution is -1.97. The van der Waals surface area contributed by atoms with Crippen LogP contribution in [0.5, 0.6) is 0 Å². The Bertz CT molecular complexity index is 600. The molecule has 1 unspecified atom stereocenters. The molecule has 1 atom stereocenters. The van der Waals surface area contributed by atoms with Crippen LogP contribution in [0.2, 0.25) is 0 Å². The molecular weight excluding hydrogens is 500 g/mol. The normalized spacial score (nSPS) is 12.5. The summed E-state index contributed by atoms with van der Waals surface area (Å²) in [5.41, 5.74) is 5.05. The first-order valence-corrected chi connectivity index (χ1v) is 9.04. The highest BCUT2D eigenvalue weighted by atomic mass is 79.9. The summed E-state index contributed by atoms with van der Waals surface area (Å²) in [6.07, 6.45) is 0. The van der Waals surface area contributed by atoms with E-state index in [0.29, 0.717) is 0 Å². The lowest BCUT2D eigenvalue weighted by atomic mass is 9.98. The Morgan fingerprint density at radius 1 is 0.789 bits per heavy atom. The molecule has 2 rings (SSSR count). The SMILES string of the molecule is Cc1cc(C(Br)c2cc(Br)cc(Br)c2)c(C)cc1Br. The minimum Gasteiger partial charge on any atom is -0.0786 e. The van der Waals surface area contributed by atoms with Gasteiger partial charge in [-0.2, -0.15) is 0 Å². The summed E-state index contributed by atoms with van der Waals surface area (Å²) in [5.74, 6) is 0. The maximum absolute atomic E-state index is 3.82. The average molecular weight is 512 g/mol. The molecule has 2 aromatic carbocycles. The molecule has 0 saturated carbocycles. The Labute approximate surface area is 147 Å². The molecular formula is C15H12Br4. The van der Waals surface area contributed by atoms with E-state index in [1.807, 2.05) is 6.07 Å². The number of aryl methyl sites for hydroxylation is 2. The number of benzene rings is 2. The van der Waals surface area contributed by atoms with Gasteiger partial charge in [-0.15, -0.1) is 0 Å². The molecule has 0 spiro atoms. The number of hydrogen-bond acceptors (Lipinski definition) is 0. The van der Waals surface area contributed by atoms with E-state index in [0.717, 1.165) is 13.4 Å². The Balaban J connectivity index is 2.49. The third-order valence-corrected chi connectivity index (χ3v) is 5.79. The van der Waals surface area contributed by atoms with Crippen LogP contribution in [0.1, 0.15) is 27.1 Å². The zero-order valence-corrected chi connectivity index (χ0v) is 16.8. The zero-order chi connectivity index (χ0) is 14.2. The molecule has 0 aliphatic heterocycles. The second-order valence-electron chi connectivity index (χ2n) is 4.52. The van der Waals surface area contributed by atoms with Crippen molar-refractivity contribution in [1.82, 2.24) is 0 Å². The molecule has 0 heterocycles. The molecule has 0 amide bonds. The molecule has 2 aromatic rings. The lowest BCUT2D eigenvalue weighted by molar-refractivity contribution is 1.12. The largest absolute Gasteiger partial charge is 0.0786 e. The topological polar surface area (TPSA) is 0 Å². The average Bonchev–Trinajstić information content (AvgIpc) is 2.31. The Morgan fingerprint density at radius 2 is 1.37 bits per heavy atom. The molecule has 100 valence electrons. The van der Waals surface area contributed by atoms with Crippen molar-refractivity contribution >= 4 is 63.7 Å². The van der Waals surface area contributed by atoms with Crippen molar-refractivity contribution in [2.45, 2.75) is 18.7 Å². The van der Waals surface area contributed by atoms with Gasteiger partial charge in [-0.05, 0) is 60.4 Å². The third kappa shape index (κ3) is 3.72. The Kier molecular flexibility index (Phi) is 5.32. The summed E-state index contributed by atoms with van der Waals surface area (Å²) in [4.78, 5) is 0.188. The van der Waals surface area contributed by atoms with Crippen LogP contribution in [0, 0.1) is 13.8 Å². The molecule has 0 nitrogen and oxygen atoms in total. The Hall–Kier alpha value is 0.360. The van der Waals surface area contributed by atoms with E-state index in [9.17, 15) is 0 Å². The minimum absolute atomic E-state index is 0.188. The highest BCUT2D eigenvalue weighted by Gasteiger charge is 2.15. The van der Waals surface area contributed by atoms with Gasteiger partial charge in [0.1, 0.15) is 0 Å². The minimum atomic E-state index is 0.188. The van der Waals surface area contributed by atoms with E-state index in [1.165, 1.54) is 22.3 Å². The fraction of sp³-hybridized carbons (Fsp3) is 0.200. The number of hydrogen-bond donors (Lipinski definition) is 0. The predicted molar refractivity (Wildman–Crippen MR) is 96.2 cm³/mol. The molecule has 0 radical (unpaired) electrons. The van der Waals surface area contributed by atoms with Crippen LogP contribution in [0.3, 0.4) is 0 Å². The van der Waals surface area contributed by atoms with Gasteiger partial charge in [0.25, 0.3) is 0 Å². The van der Waals surface area contributed by atoms with E-state index in [1.54, 1.807) is 0 Å². The van der Waals surface area contributed by atoms with Gasteiger partial charge < -0.3 is 0 Å². The van der Waals surface area contributed by atoms with Gasteiger partial charge in [0, 0.05) is 13.4 Å². The van der Waals surface area contributed by atoms with Gasteiger partial charge in [0.2, 0.25) is 0 Å². The fourth-order valence-electron chi connectivity index (χ4n) is 1.98. The molecule has 0 fully saturated rings. The van der Waals surface area contributed by atoms with Gasteiger partial charge in [-0.3, -0.25) is 0 Å². The molecule has 0 bridgehead atoms. The molecule has 0 aromatic heterocycles. The number of alkyl halides is 1. The fourth-order valence-corrected chi connectivity index (χ4v) is 4.52. The second kappa shape index (κ2) is 6.42. The summed E-state index contributed by atoms with van der Waals surface area (Å²) in [5, 5.41) is 0. The van der Waals surface area contributed by atoms with E-state index in [2.05, 4.69) is 102 Å². The molecule has 0 aliphatic rings. The zero-order valence-electron chi connectivity index (χ0n) is 10.5. The summed E-state index contributed by atoms with van der Waals surface area (Å²) in [6, 6.07) is 10.7. The van der Waals surface area contributed by atoms with Crippen molar-refractivity contribution in [2.75, 3.05) is 0 Å². The van der Waals surface area contributed by atoms with Crippen LogP contribution in [0.15, 0.2) is 43.7 Å². The van der Waals surface area contributed by atoms with Gasteiger partial charge in [-0.1, -0.05) is 69.8 Å². The summed E-state index contributed by atoms with van der Waals surface area (Å²) in [7, 11) is 0. The highest BCUT2D eigenvalue weighted by Crippen LogP contribution is 2.37. The molecule has 4 heteroatoms. The van der Waals surface area contributed by atoms with Crippen LogP contribution in [0.4, 0.5) is 0 Å². The van der Waals surface area contributed by atoms with E-state index in [4.69, 9.17) is 0 Å². The smallest absolute Gasteiger partial charge is 0.0648 e. The van der Waals surface area contributed by atoms with Gasteiger partial charge in [0.15, 0.2) is 0 Å². The van der Waals surface area contributed by atoms with Crippen molar-refractivity contribution in [1.29, 1.82) is 0 Å². The predicted octanol–water partition coefficient (Wildman–Crippen LogP) is 7.08. The summed E-state index contributed by atoms with van der Waals surface area (Å²) >= 11 is 14.5. The first-order valence-electron chi connectivity index (χ1n) is 5.75. The number of halogens is 4. The van der Waals surface area contributed by atoms with Crippen LogP contribution >= 0.6 is 63.7 Å². The highest BCUT2D eigenvalue weighted by molar-refractivity contribution is 9.11. The summed E-state index contributed by atoms with van der Waals surface area (Å²) in [6.45, 7) is 4.25. The standard InChI is InChI=1S/C15H12Br4/c1-8-4-14(18)9(2)3-13(8)15(19)10-5-11(16)7-12(17)6-10/h3-7,15H,1-2H3. The first-order chi connectivity index (χ1) is 8.88. The van der Waals surface area contributed by atoms with Crippen molar-refractivity contribution in [3.63, 3.8) is 0 Å². The maximum Gasteiger partial charge on any atom is 0.0648 e. The molecule has 19 heavy (non-hydrogen) atoms. The Morgan fingerprint density at radius 3 is 1.95 bits per heavy atom. The van der Waals surface area contributed by atoms with E-state index >= 15 is 0 Å². The van der Waals surface area contributed by atoms with Crippen molar-refractivity contribution in [2.24, 2.45) is 0 Å². The molecule has 0 aliphatic carbocycles. The van der Waals surface area contributed by atoms with Gasteiger partial charge >= 0.3 is 0 Å². The van der Waals surface area contributed by atoms with E-state index < -0.39 is 0 Å². The first kappa shape index (κ1) is 15.7. The van der Waals surface area contributed by atoms with Crippen molar-refractivity contribution < 1.29 is 0 Å². The van der Waals surface area contributed by atoms with Gasteiger partial charge in [0.05, 0.1) is 4.83 Å². The van der Waals surface area contributed by atoms with Gasteiger partial charge in [-0.25, -0.2) is 0 Å². The monoisotopic (exact) mass is 508 g/mol. The quantitative estimate of drug-likeness (QED) is 0.378. The third-order valence-electron chi connectivity index (χ3n) is 3.00. The molecule has 0 saturated heterocycles. The van der Waals surface area contributed by atoms with Crippen molar-refractivity contribution in [3.05, 3.63) is 66.0 Å². The van der Waals surface area contributed by atoms with E-state index in [-0.39, 0.29) is 4.83 Å². The number of rotatable bonds is 2. The maximum atomic E-state index is 3.82. The van der Waals surface area contributed by atoms with Crippen LogP contribution < -0.4 is 0 Å². The van der Waals surface area contributed by atoms with Crippen LogP contribution in [0.25, 0.3) is 0 Å². The summed E-state index contributed by atoms with van der Waals surface area (Å²) < 4.78 is 3.31. The van der Waals surface area contributed by atoms with Crippen molar-refractivity contribution in [3.8, 4) is 0 Å².